The van der Waals surface area contributed by atoms with E-state index in [4.69, 9.17) is 0 Å². The van der Waals surface area contributed by atoms with E-state index in [1.807, 2.05) is 11.8 Å². The summed E-state index contributed by atoms with van der Waals surface area (Å²) in [7, 11) is 0. The monoisotopic (exact) mass is 284 g/mol. The van der Waals surface area contributed by atoms with Crippen LogP contribution in [-0.4, -0.2) is 33.4 Å². The largest absolute Gasteiger partial charge is 0.305 e. The average Bonchev–Trinajstić information content (AvgIpc) is 2.30. The van der Waals surface area contributed by atoms with E-state index in [2.05, 4.69) is 18.7 Å². The number of thioether (sulfide) groups is 1. The minimum atomic E-state index is -0.703. The van der Waals surface area contributed by atoms with Gasteiger partial charge in [-0.3, -0.25) is 15.0 Å². The van der Waals surface area contributed by atoms with Gasteiger partial charge in [0.25, 0.3) is 0 Å². The van der Waals surface area contributed by atoms with Gasteiger partial charge in [0.05, 0.1) is 4.92 Å². The number of hydrogen-bond acceptors (Lipinski definition) is 4. The Hall–Kier alpha value is -1.14. The van der Waals surface area contributed by atoms with Crippen molar-refractivity contribution in [3.63, 3.8) is 0 Å². The van der Waals surface area contributed by atoms with Gasteiger partial charge in [-0.2, -0.15) is 16.2 Å². The highest BCUT2D eigenvalue weighted by molar-refractivity contribution is 8.00. The number of nitro groups is 1. The van der Waals surface area contributed by atoms with E-state index in [1.165, 1.54) is 6.07 Å². The molecule has 0 aliphatic carbocycles. The van der Waals surface area contributed by atoms with E-state index in [9.17, 15) is 14.5 Å². The minimum absolute atomic E-state index is 0.403. The molecule has 0 N–H and O–H groups in total. The first-order valence-corrected chi connectivity index (χ1v) is 7.21. The summed E-state index contributed by atoms with van der Waals surface area (Å²) in [5, 5.41) is 11.7. The highest BCUT2D eigenvalue weighted by atomic mass is 32.2. The highest BCUT2D eigenvalue weighted by Crippen LogP contribution is 2.27. The maximum absolute atomic E-state index is 14.0. The Bertz CT molecular complexity index is 474. The van der Waals surface area contributed by atoms with Gasteiger partial charge in [-0.1, -0.05) is 26.0 Å². The fraction of sp³-hybridized carbons (Fsp3) is 0.538. The SMILES string of the molecule is CC1CN(Cc2cccc([N+](=O)[O-])c2F)CC(C)S1. The lowest BCUT2D eigenvalue weighted by Crippen LogP contribution is -2.39. The standard InChI is InChI=1S/C13H17FN2O2S/c1-9-6-15(7-10(2)19-9)8-11-4-3-5-12(13(11)14)16(17)18/h3-5,9-10H,6-8H2,1-2H3. The zero-order valence-corrected chi connectivity index (χ0v) is 11.8. The number of nitrogens with zero attached hydrogens (tertiary/aromatic N) is 2. The van der Waals surface area contributed by atoms with E-state index in [0.717, 1.165) is 13.1 Å². The molecule has 2 atom stereocenters. The second-order valence-corrected chi connectivity index (χ2v) is 6.84. The average molecular weight is 284 g/mol. The molecule has 1 aliphatic heterocycles. The van der Waals surface area contributed by atoms with Crippen LogP contribution in [0.15, 0.2) is 18.2 Å². The van der Waals surface area contributed by atoms with Crippen LogP contribution in [-0.2, 0) is 6.54 Å². The fourth-order valence-corrected chi connectivity index (χ4v) is 3.87. The Kier molecular flexibility index (Phi) is 4.42. The number of nitro benzene ring substituents is 1. The Balaban J connectivity index is 2.15. The van der Waals surface area contributed by atoms with Crippen LogP contribution in [0.5, 0.6) is 0 Å². The lowest BCUT2D eigenvalue weighted by atomic mass is 10.1. The molecule has 1 aromatic carbocycles. The van der Waals surface area contributed by atoms with Crippen molar-refractivity contribution in [2.45, 2.75) is 30.9 Å². The quantitative estimate of drug-likeness (QED) is 0.632. The first-order valence-electron chi connectivity index (χ1n) is 6.27. The molecular weight excluding hydrogens is 267 g/mol. The molecule has 2 rings (SSSR count). The summed E-state index contributed by atoms with van der Waals surface area (Å²) in [6.45, 7) is 6.51. The molecule has 4 nitrogen and oxygen atoms in total. The second kappa shape index (κ2) is 5.88. The normalized spacial score (nSPS) is 24.4. The minimum Gasteiger partial charge on any atom is -0.297 e. The zero-order chi connectivity index (χ0) is 14.0. The molecule has 19 heavy (non-hydrogen) atoms. The van der Waals surface area contributed by atoms with Gasteiger partial charge < -0.3 is 0 Å². The van der Waals surface area contributed by atoms with Crippen LogP contribution in [0.1, 0.15) is 19.4 Å². The van der Waals surface area contributed by atoms with Crippen LogP contribution in [0.25, 0.3) is 0 Å². The molecule has 104 valence electrons. The summed E-state index contributed by atoms with van der Waals surface area (Å²) in [4.78, 5) is 12.2. The fourth-order valence-electron chi connectivity index (χ4n) is 2.48. The molecule has 1 aromatic rings. The van der Waals surface area contributed by atoms with Crippen molar-refractivity contribution in [1.82, 2.24) is 4.90 Å². The topological polar surface area (TPSA) is 46.4 Å². The van der Waals surface area contributed by atoms with Crippen molar-refractivity contribution in [3.05, 3.63) is 39.7 Å². The van der Waals surface area contributed by atoms with E-state index >= 15 is 0 Å². The second-order valence-electron chi connectivity index (χ2n) is 4.96. The third kappa shape index (κ3) is 3.45. The van der Waals surface area contributed by atoms with Crippen LogP contribution in [0.3, 0.4) is 0 Å². The molecule has 1 aliphatic rings. The smallest absolute Gasteiger partial charge is 0.297 e. The molecule has 1 heterocycles. The molecule has 1 fully saturated rings. The molecule has 2 unspecified atom stereocenters. The Morgan fingerprint density at radius 3 is 2.63 bits per heavy atom. The third-order valence-corrected chi connectivity index (χ3v) is 4.37. The van der Waals surface area contributed by atoms with Gasteiger partial charge in [-0.05, 0) is 0 Å². The molecule has 0 amide bonds. The van der Waals surface area contributed by atoms with Crippen molar-refractivity contribution in [1.29, 1.82) is 0 Å². The van der Waals surface area contributed by atoms with Gasteiger partial charge in [0.2, 0.25) is 5.82 Å². The van der Waals surface area contributed by atoms with E-state index in [-0.39, 0.29) is 0 Å². The van der Waals surface area contributed by atoms with Crippen LogP contribution in [0, 0.1) is 15.9 Å². The van der Waals surface area contributed by atoms with Crippen LogP contribution >= 0.6 is 11.8 Å². The van der Waals surface area contributed by atoms with Gasteiger partial charge in [-0.15, -0.1) is 0 Å². The summed E-state index contributed by atoms with van der Waals surface area (Å²) in [6.07, 6.45) is 0. The van der Waals surface area contributed by atoms with Gasteiger partial charge in [0.1, 0.15) is 0 Å². The third-order valence-electron chi connectivity index (χ3n) is 3.14. The molecule has 0 saturated carbocycles. The Labute approximate surface area is 116 Å². The molecule has 0 bridgehead atoms. The summed E-state index contributed by atoms with van der Waals surface area (Å²) < 4.78 is 14.0. The lowest BCUT2D eigenvalue weighted by molar-refractivity contribution is -0.387. The molecule has 1 saturated heterocycles. The van der Waals surface area contributed by atoms with Crippen molar-refractivity contribution in [3.8, 4) is 0 Å². The van der Waals surface area contributed by atoms with Crippen LogP contribution < -0.4 is 0 Å². The zero-order valence-electron chi connectivity index (χ0n) is 11.0. The number of halogens is 1. The van der Waals surface area contributed by atoms with Crippen LogP contribution in [0.2, 0.25) is 0 Å². The van der Waals surface area contributed by atoms with Crippen molar-refractivity contribution in [2.24, 2.45) is 0 Å². The molecule has 6 heteroatoms. The van der Waals surface area contributed by atoms with Gasteiger partial charge in [-0.25, -0.2) is 0 Å². The number of rotatable bonds is 3. The maximum Gasteiger partial charge on any atom is 0.305 e. The molecular formula is C13H17FN2O2S. The van der Waals surface area contributed by atoms with E-state index < -0.39 is 16.4 Å². The predicted octanol–water partition coefficient (Wildman–Crippen LogP) is 3.06. The molecule has 0 spiro atoms. The van der Waals surface area contributed by atoms with Gasteiger partial charge >= 0.3 is 5.69 Å². The van der Waals surface area contributed by atoms with Gasteiger partial charge in [0.15, 0.2) is 0 Å². The predicted molar refractivity (Wildman–Crippen MR) is 74.8 cm³/mol. The van der Waals surface area contributed by atoms with Crippen molar-refractivity contribution in [2.75, 3.05) is 13.1 Å². The van der Waals surface area contributed by atoms with E-state index in [1.54, 1.807) is 12.1 Å². The van der Waals surface area contributed by atoms with Gasteiger partial charge in [0, 0.05) is 41.8 Å². The highest BCUT2D eigenvalue weighted by Gasteiger charge is 2.24. The van der Waals surface area contributed by atoms with E-state index in [0.29, 0.717) is 22.6 Å². The molecule has 0 radical (unpaired) electrons. The lowest BCUT2D eigenvalue weighted by Gasteiger charge is -2.34. The maximum atomic E-state index is 14.0. The van der Waals surface area contributed by atoms with Crippen molar-refractivity contribution < 1.29 is 9.31 Å². The Morgan fingerprint density at radius 1 is 1.42 bits per heavy atom. The number of hydrogen-bond donors (Lipinski definition) is 0. The summed E-state index contributed by atoms with van der Waals surface area (Å²) >= 11 is 1.92. The number of benzene rings is 1. The first-order chi connectivity index (χ1) is 8.97. The summed E-state index contributed by atoms with van der Waals surface area (Å²) in [6, 6.07) is 4.37. The van der Waals surface area contributed by atoms with Crippen LogP contribution in [0.4, 0.5) is 10.1 Å². The summed E-state index contributed by atoms with van der Waals surface area (Å²) in [5.41, 5.74) is -0.0366. The molecule has 0 aromatic heterocycles. The van der Waals surface area contributed by atoms with Crippen molar-refractivity contribution >= 4 is 17.4 Å². The summed E-state index contributed by atoms with van der Waals surface area (Å²) in [5.74, 6) is -0.703. The first kappa shape index (κ1) is 14.3. The Morgan fingerprint density at radius 2 is 2.05 bits per heavy atom.